The van der Waals surface area contributed by atoms with Crippen LogP contribution < -0.4 is 0 Å². The molecule has 1 aliphatic rings. The highest BCUT2D eigenvalue weighted by Crippen LogP contribution is 2.30. The van der Waals surface area contributed by atoms with E-state index in [1.165, 1.54) is 32.8 Å². The Morgan fingerprint density at radius 1 is 1.39 bits per heavy atom. The summed E-state index contributed by atoms with van der Waals surface area (Å²) in [5.41, 5.74) is 0.422. The van der Waals surface area contributed by atoms with Gasteiger partial charge in [-0.1, -0.05) is 25.7 Å². The van der Waals surface area contributed by atoms with E-state index in [0.29, 0.717) is 11.7 Å². The van der Waals surface area contributed by atoms with Gasteiger partial charge in [-0.25, -0.2) is 4.79 Å². The Bertz CT molecular complexity index is 409. The summed E-state index contributed by atoms with van der Waals surface area (Å²) < 4.78 is 6.77. The number of ether oxygens (including phenoxy) is 1. The van der Waals surface area contributed by atoms with Gasteiger partial charge < -0.3 is 4.74 Å². The van der Waals surface area contributed by atoms with Crippen LogP contribution in [0.3, 0.4) is 0 Å². The van der Waals surface area contributed by atoms with Crippen LogP contribution in [0.4, 0.5) is 0 Å². The number of carbonyl (C=O) groups is 1. The molecule has 5 heteroatoms. The zero-order valence-corrected chi connectivity index (χ0v) is 11.8. The monoisotopic (exact) mass is 268 g/mol. The number of aromatic nitrogens is 2. The molecule has 0 radical (unpaired) electrons. The zero-order chi connectivity index (χ0) is 13.0. The Kier molecular flexibility index (Phi) is 4.69. The predicted octanol–water partition coefficient (Wildman–Crippen LogP) is 3.29. The average molecular weight is 268 g/mol. The van der Waals surface area contributed by atoms with Gasteiger partial charge in [0.25, 0.3) is 0 Å². The topological polar surface area (TPSA) is 44.1 Å². The molecule has 0 aromatic carbocycles. The lowest BCUT2D eigenvalue weighted by Gasteiger charge is -2.16. The van der Waals surface area contributed by atoms with Crippen molar-refractivity contribution in [1.29, 1.82) is 0 Å². The number of hydrogen-bond donors (Lipinski definition) is 0. The highest BCUT2D eigenvalue weighted by molar-refractivity contribution is 7.98. The minimum absolute atomic E-state index is 0.349. The molecule has 1 heterocycles. The minimum Gasteiger partial charge on any atom is -0.464 e. The van der Waals surface area contributed by atoms with Crippen molar-refractivity contribution in [3.05, 3.63) is 11.8 Å². The number of carbonyl (C=O) groups excluding carboxylic acids is 1. The molecule has 0 atom stereocenters. The number of methoxy groups -OCH3 is 1. The summed E-state index contributed by atoms with van der Waals surface area (Å²) in [5, 5.41) is 5.50. The summed E-state index contributed by atoms with van der Waals surface area (Å²) in [6.07, 6.45) is 9.49. The Balaban J connectivity index is 2.24. The van der Waals surface area contributed by atoms with Crippen molar-refractivity contribution in [2.75, 3.05) is 13.4 Å². The maximum atomic E-state index is 11.5. The Morgan fingerprint density at radius 2 is 2.06 bits per heavy atom. The van der Waals surface area contributed by atoms with E-state index in [9.17, 15) is 4.79 Å². The van der Waals surface area contributed by atoms with E-state index >= 15 is 0 Å². The number of hydrogen-bond acceptors (Lipinski definition) is 4. The lowest BCUT2D eigenvalue weighted by molar-refractivity contribution is 0.0592. The van der Waals surface area contributed by atoms with Crippen LogP contribution in [0.25, 0.3) is 0 Å². The third-order valence-electron chi connectivity index (χ3n) is 3.48. The smallest absolute Gasteiger partial charge is 0.358 e. The third kappa shape index (κ3) is 2.88. The van der Waals surface area contributed by atoms with Crippen LogP contribution in [0.5, 0.6) is 0 Å². The second kappa shape index (κ2) is 6.27. The van der Waals surface area contributed by atoms with Crippen molar-refractivity contribution in [2.45, 2.75) is 49.6 Å². The number of rotatable bonds is 3. The van der Waals surface area contributed by atoms with Crippen molar-refractivity contribution in [2.24, 2.45) is 0 Å². The van der Waals surface area contributed by atoms with E-state index in [0.717, 1.165) is 17.9 Å². The van der Waals surface area contributed by atoms with E-state index in [1.54, 1.807) is 11.8 Å². The first-order valence-corrected chi connectivity index (χ1v) is 7.70. The molecule has 4 nitrogen and oxygen atoms in total. The summed E-state index contributed by atoms with van der Waals surface area (Å²) in [6.45, 7) is 0. The molecule has 0 bridgehead atoms. The van der Waals surface area contributed by atoms with Crippen LogP contribution >= 0.6 is 11.8 Å². The molecule has 0 amide bonds. The van der Waals surface area contributed by atoms with Crippen LogP contribution in [0.15, 0.2) is 11.1 Å². The lowest BCUT2D eigenvalue weighted by Crippen LogP contribution is -2.12. The maximum absolute atomic E-state index is 11.5. The maximum Gasteiger partial charge on any atom is 0.358 e. The van der Waals surface area contributed by atoms with Gasteiger partial charge in [-0.3, -0.25) is 4.68 Å². The van der Waals surface area contributed by atoms with Crippen molar-refractivity contribution in [3.8, 4) is 0 Å². The largest absolute Gasteiger partial charge is 0.464 e. The van der Waals surface area contributed by atoms with E-state index in [1.807, 2.05) is 17.0 Å². The molecule has 2 rings (SSSR count). The highest BCUT2D eigenvalue weighted by Gasteiger charge is 2.21. The second-order valence-electron chi connectivity index (χ2n) is 4.65. The van der Waals surface area contributed by atoms with Crippen LogP contribution in [-0.2, 0) is 4.74 Å². The fourth-order valence-corrected chi connectivity index (χ4v) is 3.10. The molecule has 0 aliphatic heterocycles. The average Bonchev–Trinajstić information content (AvgIpc) is 2.65. The summed E-state index contributed by atoms with van der Waals surface area (Å²) in [7, 11) is 1.39. The molecule has 0 spiro atoms. The molecule has 0 unspecified atom stereocenters. The number of nitrogens with zero attached hydrogens (tertiary/aromatic N) is 2. The van der Waals surface area contributed by atoms with Gasteiger partial charge in [-0.05, 0) is 19.1 Å². The highest BCUT2D eigenvalue weighted by atomic mass is 32.2. The Morgan fingerprint density at radius 3 is 2.61 bits per heavy atom. The minimum atomic E-state index is -0.349. The van der Waals surface area contributed by atoms with E-state index in [2.05, 4.69) is 5.10 Å². The molecule has 0 N–H and O–H groups in total. The van der Waals surface area contributed by atoms with Crippen molar-refractivity contribution >= 4 is 17.7 Å². The molecule has 18 heavy (non-hydrogen) atoms. The Hall–Kier alpha value is -0.970. The molecular formula is C13H20N2O2S. The molecule has 1 fully saturated rings. The van der Waals surface area contributed by atoms with Crippen LogP contribution in [0, 0.1) is 0 Å². The van der Waals surface area contributed by atoms with E-state index < -0.39 is 0 Å². The summed E-state index contributed by atoms with van der Waals surface area (Å²) in [5.74, 6) is -0.349. The predicted molar refractivity (Wildman–Crippen MR) is 72.1 cm³/mol. The lowest BCUT2D eigenvalue weighted by atomic mass is 10.1. The van der Waals surface area contributed by atoms with Gasteiger partial charge >= 0.3 is 5.97 Å². The fraction of sp³-hybridized carbons (Fsp3) is 0.692. The first-order chi connectivity index (χ1) is 8.76. The van der Waals surface area contributed by atoms with Gasteiger partial charge in [0.15, 0.2) is 5.69 Å². The van der Waals surface area contributed by atoms with Crippen molar-refractivity contribution < 1.29 is 9.53 Å². The number of esters is 1. The molecular weight excluding hydrogens is 248 g/mol. The zero-order valence-electron chi connectivity index (χ0n) is 11.0. The van der Waals surface area contributed by atoms with Crippen LogP contribution in [0.1, 0.15) is 55.1 Å². The molecule has 100 valence electrons. The van der Waals surface area contributed by atoms with Crippen LogP contribution in [-0.4, -0.2) is 29.1 Å². The molecule has 1 aromatic heterocycles. The summed E-state index contributed by atoms with van der Waals surface area (Å²) >= 11 is 1.64. The quantitative estimate of drug-likeness (QED) is 0.479. The molecule has 1 aromatic rings. The van der Waals surface area contributed by atoms with Crippen molar-refractivity contribution in [1.82, 2.24) is 9.78 Å². The van der Waals surface area contributed by atoms with Gasteiger partial charge in [0.2, 0.25) is 0 Å². The second-order valence-corrected chi connectivity index (χ2v) is 5.48. The van der Waals surface area contributed by atoms with Gasteiger partial charge in [0.05, 0.1) is 18.2 Å². The fourth-order valence-electron chi connectivity index (χ4n) is 2.50. The van der Waals surface area contributed by atoms with Crippen molar-refractivity contribution in [3.63, 3.8) is 0 Å². The van der Waals surface area contributed by atoms with Gasteiger partial charge in [-0.2, -0.15) is 5.10 Å². The van der Waals surface area contributed by atoms with E-state index in [-0.39, 0.29) is 5.97 Å². The van der Waals surface area contributed by atoms with Gasteiger partial charge in [0, 0.05) is 6.07 Å². The normalized spacial score (nSPS) is 17.4. The van der Waals surface area contributed by atoms with Gasteiger partial charge in [0.1, 0.15) is 0 Å². The first kappa shape index (κ1) is 13.5. The standard InChI is InChI=1S/C13H20N2O2S/c1-17-13(16)11-9-12(18-2)15(14-11)10-7-5-3-4-6-8-10/h9-10H,3-8H2,1-2H3. The van der Waals surface area contributed by atoms with Crippen LogP contribution in [0.2, 0.25) is 0 Å². The summed E-state index contributed by atoms with van der Waals surface area (Å²) in [4.78, 5) is 11.5. The van der Waals surface area contributed by atoms with Gasteiger partial charge in [-0.15, -0.1) is 11.8 Å². The van der Waals surface area contributed by atoms with E-state index in [4.69, 9.17) is 4.74 Å². The molecule has 1 saturated carbocycles. The third-order valence-corrected chi connectivity index (χ3v) is 4.20. The first-order valence-electron chi connectivity index (χ1n) is 6.48. The SMILES string of the molecule is COC(=O)c1cc(SC)n(C2CCCCCC2)n1. The molecule has 1 aliphatic carbocycles. The Labute approximate surface area is 112 Å². The number of thioether (sulfide) groups is 1. The summed E-state index contributed by atoms with van der Waals surface area (Å²) in [6, 6.07) is 2.27. The molecule has 0 saturated heterocycles.